The lowest BCUT2D eigenvalue weighted by molar-refractivity contribution is -0.126. The number of benzene rings is 3. The molecule has 160 valence electrons. The van der Waals surface area contributed by atoms with Crippen molar-refractivity contribution in [2.45, 2.75) is 12.1 Å². The molecule has 2 aliphatic heterocycles. The van der Waals surface area contributed by atoms with Gasteiger partial charge in [0.1, 0.15) is 5.92 Å². The van der Waals surface area contributed by atoms with E-state index in [-0.39, 0.29) is 5.56 Å². The van der Waals surface area contributed by atoms with Crippen LogP contribution in [0.15, 0.2) is 78.9 Å². The van der Waals surface area contributed by atoms with Gasteiger partial charge >= 0.3 is 5.97 Å². The highest BCUT2D eigenvalue weighted by Gasteiger charge is 2.60. The van der Waals surface area contributed by atoms with Crippen LogP contribution in [0, 0.1) is 5.92 Å². The number of aromatic carboxylic acids is 1. The molecule has 2 aliphatic rings. The molecule has 3 aromatic carbocycles. The van der Waals surface area contributed by atoms with Crippen LogP contribution in [0.1, 0.15) is 22.0 Å². The third-order valence-electron chi connectivity index (χ3n) is 5.70. The normalized spacial score (nSPS) is 22.3. The third kappa shape index (κ3) is 3.14. The molecule has 0 unspecified atom stereocenters. The minimum Gasteiger partial charge on any atom is -0.478 e. The lowest BCUT2D eigenvalue weighted by atomic mass is 9.88. The average molecular weight is 449 g/mol. The van der Waals surface area contributed by atoms with Crippen LogP contribution in [-0.4, -0.2) is 29.0 Å². The molecule has 0 spiro atoms. The summed E-state index contributed by atoms with van der Waals surface area (Å²) in [6.07, 6.45) is -1.09. The van der Waals surface area contributed by atoms with E-state index in [1.54, 1.807) is 60.7 Å². The number of para-hydroxylation sites is 1. The van der Waals surface area contributed by atoms with Gasteiger partial charge in [-0.1, -0.05) is 54.1 Å². The average Bonchev–Trinajstić information content (AvgIpc) is 3.30. The summed E-state index contributed by atoms with van der Waals surface area (Å²) >= 11 is 6.07. The standard InChI is InChI=1S/C24H17ClN2O5/c25-14-7-6-10-16(13-14)26-22(28)19-20(17-11-4-5-12-18(17)24(30)31)27(32-21(19)23(26)29)15-8-2-1-3-9-15/h1-13,19-21H,(H,30,31)/t19-,20+,21+/m0/s1. The minimum absolute atomic E-state index is 0.0455. The fourth-order valence-electron chi connectivity index (χ4n) is 4.35. The van der Waals surface area contributed by atoms with Crippen LogP contribution >= 0.6 is 11.6 Å². The number of nitrogens with zero attached hydrogens (tertiary/aromatic N) is 2. The molecule has 1 N–H and O–H groups in total. The highest BCUT2D eigenvalue weighted by atomic mass is 35.5. The van der Waals surface area contributed by atoms with E-state index in [0.29, 0.717) is 22.0 Å². The molecule has 32 heavy (non-hydrogen) atoms. The molecular weight excluding hydrogens is 432 g/mol. The van der Waals surface area contributed by atoms with E-state index in [9.17, 15) is 19.5 Å². The smallest absolute Gasteiger partial charge is 0.336 e. The van der Waals surface area contributed by atoms with Crippen LogP contribution in [0.25, 0.3) is 0 Å². The first-order chi connectivity index (χ1) is 15.5. The van der Waals surface area contributed by atoms with Crippen molar-refractivity contribution in [1.82, 2.24) is 0 Å². The lowest BCUT2D eigenvalue weighted by Crippen LogP contribution is -2.37. The van der Waals surface area contributed by atoms with E-state index in [1.165, 1.54) is 17.2 Å². The zero-order valence-electron chi connectivity index (χ0n) is 16.6. The van der Waals surface area contributed by atoms with E-state index in [4.69, 9.17) is 16.4 Å². The molecular formula is C24H17ClN2O5. The lowest BCUT2D eigenvalue weighted by Gasteiger charge is -2.29. The van der Waals surface area contributed by atoms with Crippen LogP contribution in [0.4, 0.5) is 11.4 Å². The summed E-state index contributed by atoms with van der Waals surface area (Å²) in [5.41, 5.74) is 1.40. The van der Waals surface area contributed by atoms with Gasteiger partial charge in [-0.05, 0) is 42.0 Å². The van der Waals surface area contributed by atoms with Gasteiger partial charge in [0.2, 0.25) is 5.91 Å². The maximum Gasteiger partial charge on any atom is 0.336 e. The van der Waals surface area contributed by atoms with Crippen LogP contribution in [-0.2, 0) is 14.4 Å². The molecule has 0 radical (unpaired) electrons. The quantitative estimate of drug-likeness (QED) is 0.605. The van der Waals surface area contributed by atoms with Crippen molar-refractivity contribution in [3.05, 3.63) is 95.0 Å². The van der Waals surface area contributed by atoms with E-state index in [2.05, 4.69) is 0 Å². The number of imide groups is 1. The summed E-state index contributed by atoms with van der Waals surface area (Å²) < 4.78 is 0. The van der Waals surface area contributed by atoms with Gasteiger partial charge < -0.3 is 5.11 Å². The van der Waals surface area contributed by atoms with E-state index in [1.807, 2.05) is 6.07 Å². The Labute approximate surface area is 188 Å². The number of hydrogen-bond donors (Lipinski definition) is 1. The number of amides is 2. The molecule has 8 heteroatoms. The summed E-state index contributed by atoms with van der Waals surface area (Å²) in [4.78, 5) is 45.9. The fourth-order valence-corrected chi connectivity index (χ4v) is 4.53. The first-order valence-corrected chi connectivity index (χ1v) is 10.3. The summed E-state index contributed by atoms with van der Waals surface area (Å²) in [7, 11) is 0. The van der Waals surface area contributed by atoms with Gasteiger partial charge in [-0.3, -0.25) is 14.4 Å². The monoisotopic (exact) mass is 448 g/mol. The molecule has 2 amide bonds. The van der Waals surface area contributed by atoms with Crippen LogP contribution in [0.2, 0.25) is 5.02 Å². The fraction of sp³-hybridized carbons (Fsp3) is 0.125. The van der Waals surface area contributed by atoms with E-state index in [0.717, 1.165) is 4.90 Å². The van der Waals surface area contributed by atoms with Crippen molar-refractivity contribution >= 4 is 40.8 Å². The number of carbonyl (C=O) groups excluding carboxylic acids is 2. The summed E-state index contributed by atoms with van der Waals surface area (Å²) in [5, 5.41) is 11.6. The second kappa shape index (κ2) is 7.78. The van der Waals surface area contributed by atoms with Gasteiger partial charge in [-0.2, -0.15) is 0 Å². The van der Waals surface area contributed by atoms with E-state index < -0.39 is 35.8 Å². The molecule has 5 rings (SSSR count). The van der Waals surface area contributed by atoms with Gasteiger partial charge in [0.25, 0.3) is 5.91 Å². The maximum atomic E-state index is 13.6. The van der Waals surface area contributed by atoms with Crippen molar-refractivity contribution in [3.63, 3.8) is 0 Å². The zero-order chi connectivity index (χ0) is 22.4. The SMILES string of the molecule is O=C(O)c1ccccc1[C@@H]1[C@@H]2C(=O)N(c3cccc(Cl)c3)C(=O)[C@@H]2ON1c1ccccc1. The Kier molecular flexibility index (Phi) is 4.92. The Morgan fingerprint density at radius 3 is 2.28 bits per heavy atom. The van der Waals surface area contributed by atoms with Crippen molar-refractivity contribution in [2.24, 2.45) is 5.92 Å². The Morgan fingerprint density at radius 2 is 1.56 bits per heavy atom. The summed E-state index contributed by atoms with van der Waals surface area (Å²) in [5.74, 6) is -3.04. The number of halogens is 1. The van der Waals surface area contributed by atoms with Crippen molar-refractivity contribution in [3.8, 4) is 0 Å². The van der Waals surface area contributed by atoms with Gasteiger partial charge in [-0.25, -0.2) is 14.8 Å². The molecule has 2 heterocycles. The van der Waals surface area contributed by atoms with Crippen molar-refractivity contribution < 1.29 is 24.3 Å². The number of fused-ring (bicyclic) bond motifs is 1. The molecule has 2 saturated heterocycles. The number of carboxylic acid groups (broad SMARTS) is 1. The van der Waals surface area contributed by atoms with Gasteiger partial charge in [-0.15, -0.1) is 0 Å². The van der Waals surface area contributed by atoms with Crippen molar-refractivity contribution in [2.75, 3.05) is 9.96 Å². The molecule has 3 aromatic rings. The molecule has 0 saturated carbocycles. The summed E-state index contributed by atoms with van der Waals surface area (Å²) in [6, 6.07) is 21.1. The number of carbonyl (C=O) groups is 3. The van der Waals surface area contributed by atoms with Crippen molar-refractivity contribution in [1.29, 1.82) is 0 Å². The Hall–Kier alpha value is -3.68. The Bertz CT molecular complexity index is 1230. The number of rotatable bonds is 4. The first-order valence-electron chi connectivity index (χ1n) is 9.94. The Morgan fingerprint density at radius 1 is 0.875 bits per heavy atom. The molecule has 0 aliphatic carbocycles. The first kappa shape index (κ1) is 20.2. The minimum atomic E-state index is -1.12. The summed E-state index contributed by atoms with van der Waals surface area (Å²) in [6.45, 7) is 0. The topological polar surface area (TPSA) is 87.2 Å². The molecule has 7 nitrogen and oxygen atoms in total. The highest BCUT2D eigenvalue weighted by Crippen LogP contribution is 2.48. The predicted octanol–water partition coefficient (Wildman–Crippen LogP) is 4.09. The molecule has 3 atom stereocenters. The van der Waals surface area contributed by atoms with Gasteiger partial charge in [0, 0.05) is 5.02 Å². The largest absolute Gasteiger partial charge is 0.478 e. The van der Waals surface area contributed by atoms with Crippen LogP contribution < -0.4 is 9.96 Å². The maximum absolute atomic E-state index is 13.6. The van der Waals surface area contributed by atoms with E-state index >= 15 is 0 Å². The second-order valence-electron chi connectivity index (χ2n) is 7.54. The number of carboxylic acids is 1. The highest BCUT2D eigenvalue weighted by molar-refractivity contribution is 6.31. The molecule has 0 aromatic heterocycles. The van der Waals surface area contributed by atoms with Crippen LogP contribution in [0.3, 0.4) is 0 Å². The van der Waals surface area contributed by atoms with Gasteiger partial charge in [0.15, 0.2) is 6.10 Å². The number of hydroxylamine groups is 1. The Balaban J connectivity index is 1.64. The van der Waals surface area contributed by atoms with Crippen LogP contribution in [0.5, 0.6) is 0 Å². The predicted molar refractivity (Wildman–Crippen MR) is 117 cm³/mol. The third-order valence-corrected chi connectivity index (χ3v) is 5.94. The molecule has 0 bridgehead atoms. The molecule has 2 fully saturated rings. The second-order valence-corrected chi connectivity index (χ2v) is 7.98. The number of anilines is 2. The number of hydrogen-bond acceptors (Lipinski definition) is 5. The zero-order valence-corrected chi connectivity index (χ0v) is 17.3. The van der Waals surface area contributed by atoms with Gasteiger partial charge in [0.05, 0.1) is 23.0 Å².